The zero-order chi connectivity index (χ0) is 12.3. The number of carbonyl (C=O) groups excluding carboxylic acids is 1. The summed E-state index contributed by atoms with van der Waals surface area (Å²) >= 11 is 5.59. The lowest BCUT2D eigenvalue weighted by molar-refractivity contribution is 0.00290. The number of carbonyl (C=O) groups is 1. The first-order chi connectivity index (χ1) is 7.29. The Kier molecular flexibility index (Phi) is 4.05. The van der Waals surface area contributed by atoms with Crippen molar-refractivity contribution in [3.05, 3.63) is 34.6 Å². The molecule has 0 aliphatic rings. The largest absolute Gasteiger partial charge is 0.368 e. The van der Waals surface area contributed by atoms with E-state index in [1.165, 1.54) is 12.1 Å². The molecule has 1 aromatic carbocycles. The summed E-state index contributed by atoms with van der Waals surface area (Å²) in [6.45, 7) is 5.36. The molecule has 1 aromatic rings. The van der Waals surface area contributed by atoms with Gasteiger partial charge in [0.1, 0.15) is 12.4 Å². The number of hydrogen-bond acceptors (Lipinski definition) is 2. The van der Waals surface area contributed by atoms with Gasteiger partial charge < -0.3 is 4.74 Å². The Morgan fingerprint density at radius 1 is 1.44 bits per heavy atom. The summed E-state index contributed by atoms with van der Waals surface area (Å²) < 4.78 is 18.6. The van der Waals surface area contributed by atoms with Crippen LogP contribution in [-0.4, -0.2) is 18.0 Å². The molecule has 0 amide bonds. The van der Waals surface area contributed by atoms with Crippen LogP contribution in [0.1, 0.15) is 31.1 Å². The lowest BCUT2D eigenvalue weighted by atomic mass is 10.1. The van der Waals surface area contributed by atoms with Gasteiger partial charge in [-0.3, -0.25) is 4.79 Å². The van der Waals surface area contributed by atoms with E-state index in [1.807, 2.05) is 20.8 Å². The number of ether oxygens (including phenoxy) is 1. The van der Waals surface area contributed by atoms with Crippen LogP contribution in [0.2, 0.25) is 5.02 Å². The highest BCUT2D eigenvalue weighted by Crippen LogP contribution is 2.16. The van der Waals surface area contributed by atoms with Gasteiger partial charge in [0, 0.05) is 5.02 Å². The molecule has 2 nitrogen and oxygen atoms in total. The Morgan fingerprint density at radius 3 is 2.56 bits per heavy atom. The third kappa shape index (κ3) is 3.91. The predicted molar refractivity (Wildman–Crippen MR) is 61.4 cm³/mol. The van der Waals surface area contributed by atoms with E-state index in [0.717, 1.165) is 6.07 Å². The van der Waals surface area contributed by atoms with E-state index in [2.05, 4.69) is 0 Å². The summed E-state index contributed by atoms with van der Waals surface area (Å²) in [6, 6.07) is 3.97. The molecule has 0 saturated heterocycles. The van der Waals surface area contributed by atoms with Crippen LogP contribution < -0.4 is 0 Å². The van der Waals surface area contributed by atoms with Crippen molar-refractivity contribution < 1.29 is 13.9 Å². The number of hydrogen-bond donors (Lipinski definition) is 0. The van der Waals surface area contributed by atoms with Gasteiger partial charge in [0.05, 0.1) is 11.2 Å². The van der Waals surface area contributed by atoms with Gasteiger partial charge in [0.25, 0.3) is 0 Å². The van der Waals surface area contributed by atoms with Crippen LogP contribution in [-0.2, 0) is 4.74 Å². The van der Waals surface area contributed by atoms with Crippen LogP contribution in [0.3, 0.4) is 0 Å². The zero-order valence-electron chi connectivity index (χ0n) is 9.51. The fraction of sp³-hybridized carbons (Fsp3) is 0.417. The Hall–Kier alpha value is -0.930. The van der Waals surface area contributed by atoms with Crippen molar-refractivity contribution >= 4 is 17.4 Å². The fourth-order valence-corrected chi connectivity index (χ4v) is 1.23. The second-order valence-corrected chi connectivity index (χ2v) is 4.88. The smallest absolute Gasteiger partial charge is 0.191 e. The van der Waals surface area contributed by atoms with E-state index >= 15 is 0 Å². The molecule has 0 atom stereocenters. The maximum Gasteiger partial charge on any atom is 0.191 e. The molecule has 0 saturated carbocycles. The molecule has 0 fully saturated rings. The first-order valence-corrected chi connectivity index (χ1v) is 5.29. The molecule has 88 valence electrons. The van der Waals surface area contributed by atoms with Gasteiger partial charge in [-0.1, -0.05) is 11.6 Å². The lowest BCUT2D eigenvalue weighted by Crippen LogP contribution is -2.24. The normalized spacial score (nSPS) is 11.6. The van der Waals surface area contributed by atoms with Crippen molar-refractivity contribution in [3.63, 3.8) is 0 Å². The van der Waals surface area contributed by atoms with Crippen molar-refractivity contribution in [1.82, 2.24) is 0 Å². The van der Waals surface area contributed by atoms with Gasteiger partial charge in [-0.05, 0) is 39.0 Å². The summed E-state index contributed by atoms with van der Waals surface area (Å²) in [5, 5.41) is 0.269. The number of benzene rings is 1. The van der Waals surface area contributed by atoms with Crippen LogP contribution in [0.25, 0.3) is 0 Å². The predicted octanol–water partition coefficient (Wildman–Crippen LogP) is 3.48. The van der Waals surface area contributed by atoms with Gasteiger partial charge in [-0.25, -0.2) is 4.39 Å². The second kappa shape index (κ2) is 4.93. The summed E-state index contributed by atoms with van der Waals surface area (Å²) in [5.74, 6) is -1.00. The molecule has 0 unspecified atom stereocenters. The molecule has 0 aromatic heterocycles. The highest BCUT2D eigenvalue weighted by molar-refractivity contribution is 6.30. The summed E-state index contributed by atoms with van der Waals surface area (Å²) in [7, 11) is 0. The van der Waals surface area contributed by atoms with E-state index in [0.29, 0.717) is 0 Å². The molecule has 0 spiro atoms. The standard InChI is InChI=1S/C12H14ClFO2/c1-12(2,3)16-7-11(15)9-5-4-8(13)6-10(9)14/h4-6H,7H2,1-3H3. The molecule has 1 rings (SSSR count). The summed E-state index contributed by atoms with van der Waals surface area (Å²) in [4.78, 5) is 11.6. The summed E-state index contributed by atoms with van der Waals surface area (Å²) in [5.41, 5.74) is -0.410. The number of rotatable bonds is 3. The topological polar surface area (TPSA) is 26.3 Å². The monoisotopic (exact) mass is 244 g/mol. The molecule has 0 aliphatic carbocycles. The zero-order valence-corrected chi connectivity index (χ0v) is 10.3. The van der Waals surface area contributed by atoms with Gasteiger partial charge in [0.2, 0.25) is 0 Å². The average molecular weight is 245 g/mol. The molecular weight excluding hydrogens is 231 g/mol. The lowest BCUT2D eigenvalue weighted by Gasteiger charge is -2.18. The Labute approximate surface area is 99.4 Å². The molecule has 0 bridgehead atoms. The van der Waals surface area contributed by atoms with Crippen LogP contribution in [0.15, 0.2) is 18.2 Å². The van der Waals surface area contributed by atoms with Crippen molar-refractivity contribution in [2.75, 3.05) is 6.61 Å². The van der Waals surface area contributed by atoms with Crippen LogP contribution in [0.5, 0.6) is 0 Å². The minimum absolute atomic E-state index is 0.00801. The highest BCUT2D eigenvalue weighted by Gasteiger charge is 2.16. The van der Waals surface area contributed by atoms with Gasteiger partial charge >= 0.3 is 0 Å². The molecular formula is C12H14ClFO2. The third-order valence-electron chi connectivity index (χ3n) is 1.87. The maximum atomic E-state index is 13.4. The van der Waals surface area contributed by atoms with Crippen LogP contribution in [0.4, 0.5) is 4.39 Å². The maximum absolute atomic E-state index is 13.4. The fourth-order valence-electron chi connectivity index (χ4n) is 1.08. The van der Waals surface area contributed by atoms with Crippen molar-refractivity contribution in [1.29, 1.82) is 0 Å². The highest BCUT2D eigenvalue weighted by atomic mass is 35.5. The van der Waals surface area contributed by atoms with E-state index in [-0.39, 0.29) is 23.0 Å². The molecule has 4 heteroatoms. The molecule has 0 aliphatic heterocycles. The van der Waals surface area contributed by atoms with Gasteiger partial charge in [0.15, 0.2) is 5.78 Å². The Morgan fingerprint density at radius 2 is 2.06 bits per heavy atom. The number of Topliss-reactive ketones (excluding diaryl/α,β-unsaturated/α-hetero) is 1. The SMILES string of the molecule is CC(C)(C)OCC(=O)c1ccc(Cl)cc1F. The van der Waals surface area contributed by atoms with Crippen molar-refractivity contribution in [3.8, 4) is 0 Å². The molecule has 0 radical (unpaired) electrons. The van der Waals surface area contributed by atoms with E-state index in [9.17, 15) is 9.18 Å². The van der Waals surface area contributed by atoms with Gasteiger partial charge in [-0.15, -0.1) is 0 Å². The van der Waals surface area contributed by atoms with Crippen molar-refractivity contribution in [2.45, 2.75) is 26.4 Å². The first kappa shape index (κ1) is 13.1. The molecule has 0 heterocycles. The van der Waals surface area contributed by atoms with Crippen LogP contribution >= 0.6 is 11.6 Å². The third-order valence-corrected chi connectivity index (χ3v) is 2.10. The Bertz CT molecular complexity index is 396. The second-order valence-electron chi connectivity index (χ2n) is 4.45. The van der Waals surface area contributed by atoms with Crippen molar-refractivity contribution in [2.24, 2.45) is 0 Å². The van der Waals surface area contributed by atoms with E-state index in [1.54, 1.807) is 0 Å². The average Bonchev–Trinajstić information content (AvgIpc) is 2.13. The number of ketones is 1. The van der Waals surface area contributed by atoms with E-state index in [4.69, 9.17) is 16.3 Å². The number of halogens is 2. The van der Waals surface area contributed by atoms with Crippen LogP contribution in [0, 0.1) is 5.82 Å². The minimum Gasteiger partial charge on any atom is -0.368 e. The first-order valence-electron chi connectivity index (χ1n) is 4.92. The molecule has 16 heavy (non-hydrogen) atoms. The molecule has 0 N–H and O–H groups in total. The Balaban J connectivity index is 2.74. The van der Waals surface area contributed by atoms with Gasteiger partial charge in [-0.2, -0.15) is 0 Å². The minimum atomic E-state index is -0.616. The summed E-state index contributed by atoms with van der Waals surface area (Å²) in [6.07, 6.45) is 0. The van der Waals surface area contributed by atoms with E-state index < -0.39 is 11.4 Å². The quantitative estimate of drug-likeness (QED) is 0.761.